The fourth-order valence-corrected chi connectivity index (χ4v) is 1.82. The van der Waals surface area contributed by atoms with Gasteiger partial charge in [0.1, 0.15) is 6.04 Å². The molecule has 0 bridgehead atoms. The summed E-state index contributed by atoms with van der Waals surface area (Å²) >= 11 is 2.04. The molecule has 0 heterocycles. The van der Waals surface area contributed by atoms with Crippen molar-refractivity contribution in [3.63, 3.8) is 0 Å². The van der Waals surface area contributed by atoms with Crippen molar-refractivity contribution in [3.05, 3.63) is 33.4 Å². The minimum atomic E-state index is -1.31. The Bertz CT molecular complexity index is 490. The number of amides is 2. The molecule has 0 aliphatic rings. The maximum atomic E-state index is 11.8. The van der Waals surface area contributed by atoms with Crippen molar-refractivity contribution in [1.82, 2.24) is 5.32 Å². The van der Waals surface area contributed by atoms with Gasteiger partial charge in [-0.2, -0.15) is 0 Å². The van der Waals surface area contributed by atoms with E-state index >= 15 is 0 Å². The second kappa shape index (κ2) is 6.34. The van der Waals surface area contributed by atoms with Crippen LogP contribution in [-0.4, -0.2) is 28.9 Å². The number of rotatable bonds is 5. The number of aliphatic carboxylic acids is 1. The van der Waals surface area contributed by atoms with E-state index in [4.69, 9.17) is 10.8 Å². The highest BCUT2D eigenvalue weighted by Gasteiger charge is 2.22. The number of hydrogen-bond acceptors (Lipinski definition) is 3. The van der Waals surface area contributed by atoms with Crippen LogP contribution in [0.5, 0.6) is 0 Å². The smallest absolute Gasteiger partial charge is 0.326 e. The first-order valence-corrected chi connectivity index (χ1v) is 6.05. The van der Waals surface area contributed by atoms with Crippen molar-refractivity contribution in [3.8, 4) is 0 Å². The van der Waals surface area contributed by atoms with E-state index in [0.29, 0.717) is 5.56 Å². The Hall–Kier alpha value is -1.64. The minimum absolute atomic E-state index is 0.331. The van der Waals surface area contributed by atoms with Crippen LogP contribution < -0.4 is 11.1 Å². The molecule has 0 fully saturated rings. The average molecular weight is 362 g/mol. The van der Waals surface area contributed by atoms with Crippen LogP contribution in [-0.2, 0) is 9.59 Å². The molecule has 7 heteroatoms. The summed E-state index contributed by atoms with van der Waals surface area (Å²) in [5.41, 5.74) is 5.25. The topological polar surface area (TPSA) is 109 Å². The fraction of sp³-hybridized carbons (Fsp3) is 0.182. The molecule has 0 aromatic heterocycles. The van der Waals surface area contributed by atoms with Crippen molar-refractivity contribution in [1.29, 1.82) is 0 Å². The van der Waals surface area contributed by atoms with Crippen LogP contribution in [0.3, 0.4) is 0 Å². The lowest BCUT2D eigenvalue weighted by atomic mass is 10.1. The second-order valence-corrected chi connectivity index (χ2v) is 4.79. The molecule has 96 valence electrons. The number of primary amides is 1. The van der Waals surface area contributed by atoms with Gasteiger partial charge in [0.25, 0.3) is 5.91 Å². The molecule has 1 atom stereocenters. The zero-order valence-corrected chi connectivity index (χ0v) is 11.4. The predicted octanol–water partition coefficient (Wildman–Crippen LogP) is 0.350. The van der Waals surface area contributed by atoms with E-state index < -0.39 is 30.2 Å². The highest BCUT2D eigenvalue weighted by atomic mass is 127. The number of carboxylic acids is 1. The molecule has 0 radical (unpaired) electrons. The third kappa shape index (κ3) is 4.32. The zero-order valence-electron chi connectivity index (χ0n) is 9.22. The summed E-state index contributed by atoms with van der Waals surface area (Å²) in [6, 6.07) is 5.34. The Morgan fingerprint density at radius 2 is 2.06 bits per heavy atom. The number of hydrogen-bond donors (Lipinski definition) is 3. The molecule has 1 aromatic carbocycles. The van der Waals surface area contributed by atoms with E-state index in [0.717, 1.165) is 3.57 Å². The van der Waals surface area contributed by atoms with Crippen LogP contribution in [0.15, 0.2) is 24.3 Å². The molecule has 0 aliphatic carbocycles. The molecule has 18 heavy (non-hydrogen) atoms. The lowest BCUT2D eigenvalue weighted by Gasteiger charge is -2.12. The van der Waals surface area contributed by atoms with Crippen molar-refractivity contribution in [2.45, 2.75) is 12.5 Å². The van der Waals surface area contributed by atoms with Gasteiger partial charge in [-0.1, -0.05) is 6.07 Å². The summed E-state index contributed by atoms with van der Waals surface area (Å²) in [5.74, 6) is -2.64. The summed E-state index contributed by atoms with van der Waals surface area (Å²) in [6.07, 6.45) is -0.439. The van der Waals surface area contributed by atoms with E-state index in [9.17, 15) is 14.4 Å². The lowest BCUT2D eigenvalue weighted by molar-refractivity contribution is -0.140. The zero-order chi connectivity index (χ0) is 13.7. The molecule has 0 aliphatic heterocycles. The highest BCUT2D eigenvalue weighted by molar-refractivity contribution is 14.1. The van der Waals surface area contributed by atoms with E-state index in [1.54, 1.807) is 24.3 Å². The summed E-state index contributed by atoms with van der Waals surface area (Å²) in [7, 11) is 0. The van der Waals surface area contributed by atoms with Gasteiger partial charge in [-0.05, 0) is 40.8 Å². The van der Waals surface area contributed by atoms with Crippen LogP contribution in [0, 0.1) is 3.57 Å². The molecule has 4 N–H and O–H groups in total. The molecule has 2 amide bonds. The number of carboxylic acid groups (broad SMARTS) is 1. The van der Waals surface area contributed by atoms with Crippen LogP contribution in [0.2, 0.25) is 0 Å². The molecular weight excluding hydrogens is 351 g/mol. The number of halogens is 1. The van der Waals surface area contributed by atoms with Crippen molar-refractivity contribution >= 4 is 40.4 Å². The van der Waals surface area contributed by atoms with Gasteiger partial charge in [-0.15, -0.1) is 0 Å². The van der Waals surface area contributed by atoms with E-state index in [1.807, 2.05) is 22.6 Å². The number of carbonyl (C=O) groups is 3. The third-order valence-corrected chi connectivity index (χ3v) is 2.77. The molecule has 1 rings (SSSR count). The Balaban J connectivity index is 2.78. The van der Waals surface area contributed by atoms with Crippen LogP contribution >= 0.6 is 22.6 Å². The summed E-state index contributed by atoms with van der Waals surface area (Å²) in [4.78, 5) is 33.3. The van der Waals surface area contributed by atoms with E-state index in [2.05, 4.69) is 5.32 Å². The third-order valence-electron chi connectivity index (χ3n) is 2.10. The van der Waals surface area contributed by atoms with E-state index in [-0.39, 0.29) is 0 Å². The number of benzene rings is 1. The predicted molar refractivity (Wildman–Crippen MR) is 71.9 cm³/mol. The van der Waals surface area contributed by atoms with Crippen LogP contribution in [0.25, 0.3) is 0 Å². The van der Waals surface area contributed by atoms with Crippen LogP contribution in [0.4, 0.5) is 0 Å². The van der Waals surface area contributed by atoms with Crippen LogP contribution in [0.1, 0.15) is 16.8 Å². The standard InChI is InChI=1S/C11H11IN2O4/c12-7-3-1-2-6(4-7)10(16)14-8(11(17)18)5-9(13)15/h1-4,8H,5H2,(H2,13,15)(H,14,16)(H,17,18). The SMILES string of the molecule is NC(=O)CC(NC(=O)c1cccc(I)c1)C(=O)O. The first kappa shape index (κ1) is 14.4. The summed E-state index contributed by atoms with van der Waals surface area (Å²) in [6.45, 7) is 0. The quantitative estimate of drug-likeness (QED) is 0.657. The van der Waals surface area contributed by atoms with Crippen molar-refractivity contribution < 1.29 is 19.5 Å². The normalized spacial score (nSPS) is 11.6. The minimum Gasteiger partial charge on any atom is -0.480 e. The average Bonchev–Trinajstić information content (AvgIpc) is 2.27. The van der Waals surface area contributed by atoms with Gasteiger partial charge in [0.05, 0.1) is 6.42 Å². The van der Waals surface area contributed by atoms with Crippen molar-refractivity contribution in [2.75, 3.05) is 0 Å². The van der Waals surface area contributed by atoms with Gasteiger partial charge >= 0.3 is 5.97 Å². The van der Waals surface area contributed by atoms with Gasteiger partial charge in [-0.3, -0.25) is 9.59 Å². The van der Waals surface area contributed by atoms with E-state index in [1.165, 1.54) is 0 Å². The molecule has 1 aromatic rings. The monoisotopic (exact) mass is 362 g/mol. The fourth-order valence-electron chi connectivity index (χ4n) is 1.27. The second-order valence-electron chi connectivity index (χ2n) is 3.55. The Kier molecular flexibility index (Phi) is 5.08. The Morgan fingerprint density at radius 3 is 2.56 bits per heavy atom. The largest absolute Gasteiger partial charge is 0.480 e. The maximum absolute atomic E-state index is 11.8. The van der Waals surface area contributed by atoms with Gasteiger partial charge in [-0.25, -0.2) is 4.79 Å². The first-order valence-electron chi connectivity index (χ1n) is 4.97. The number of nitrogens with two attached hydrogens (primary N) is 1. The molecular formula is C11H11IN2O4. The maximum Gasteiger partial charge on any atom is 0.326 e. The molecule has 0 saturated carbocycles. The highest BCUT2D eigenvalue weighted by Crippen LogP contribution is 2.08. The molecule has 0 spiro atoms. The summed E-state index contributed by atoms with van der Waals surface area (Å²) in [5, 5.41) is 11.1. The molecule has 6 nitrogen and oxygen atoms in total. The van der Waals surface area contributed by atoms with Gasteiger partial charge in [0, 0.05) is 9.13 Å². The molecule has 0 saturated heterocycles. The summed E-state index contributed by atoms with van der Waals surface area (Å²) < 4.78 is 0.849. The van der Waals surface area contributed by atoms with Gasteiger partial charge in [0.15, 0.2) is 0 Å². The van der Waals surface area contributed by atoms with Gasteiger partial charge < -0.3 is 16.2 Å². The Labute approximate surface area is 117 Å². The lowest BCUT2D eigenvalue weighted by Crippen LogP contribution is -2.43. The number of nitrogens with one attached hydrogen (secondary N) is 1. The Morgan fingerprint density at radius 1 is 1.39 bits per heavy atom. The van der Waals surface area contributed by atoms with Crippen molar-refractivity contribution in [2.24, 2.45) is 5.73 Å². The molecule has 1 unspecified atom stereocenters. The first-order chi connectivity index (χ1) is 8.40. The number of carbonyl (C=O) groups excluding carboxylic acids is 2. The van der Waals surface area contributed by atoms with Gasteiger partial charge in [0.2, 0.25) is 5.91 Å².